The molecule has 0 spiro atoms. The van der Waals surface area contributed by atoms with Gasteiger partial charge in [-0.3, -0.25) is 9.78 Å². The largest absolute Gasteiger partial charge is 0.516 e. The molecule has 20 heavy (non-hydrogen) atoms. The maximum absolute atomic E-state index is 11.4. The van der Waals surface area contributed by atoms with E-state index in [0.717, 1.165) is 0 Å². The molecule has 0 aliphatic heterocycles. The van der Waals surface area contributed by atoms with Crippen LogP contribution in [0.4, 0.5) is 26.3 Å². The van der Waals surface area contributed by atoms with Gasteiger partial charge < -0.3 is 0 Å². The van der Waals surface area contributed by atoms with Gasteiger partial charge in [0, 0.05) is 0 Å². The summed E-state index contributed by atoms with van der Waals surface area (Å²) in [4.78, 5) is 12.7. The Morgan fingerprint density at radius 1 is 1.20 bits per heavy atom. The molecule has 0 saturated heterocycles. The number of carbonyl (C=O) groups excluding carboxylic acids is 1. The zero-order valence-electron chi connectivity index (χ0n) is 9.58. The average Bonchev–Trinajstić information content (AvgIpc) is 2.66. The van der Waals surface area contributed by atoms with Crippen LogP contribution in [-0.2, 0) is 21.9 Å². The molecule has 1 amide bonds. The number of nitrogens with zero attached hydrogens (tertiary/aromatic N) is 1. The van der Waals surface area contributed by atoms with Crippen molar-refractivity contribution in [3.8, 4) is 0 Å². The van der Waals surface area contributed by atoms with E-state index in [4.69, 9.17) is 0 Å². The number of halogens is 6. The van der Waals surface area contributed by atoms with Gasteiger partial charge in [-0.1, -0.05) is 0 Å². The van der Waals surface area contributed by atoms with Crippen molar-refractivity contribution in [3.63, 3.8) is 0 Å². The molecule has 0 unspecified atom stereocenters. The van der Waals surface area contributed by atoms with E-state index in [9.17, 15) is 39.6 Å². The number of aromatic amines is 1. The summed E-state index contributed by atoms with van der Waals surface area (Å²) in [7, 11) is -4.33. The molecule has 116 valence electrons. The topological polar surface area (TPSA) is 82.9 Å². The molecule has 0 saturated carbocycles. The molecule has 0 aliphatic carbocycles. The number of aryl methyl sites for hydroxylation is 1. The summed E-state index contributed by atoms with van der Waals surface area (Å²) in [5.41, 5.74) is -5.96. The minimum absolute atomic E-state index is 0.181. The van der Waals surface area contributed by atoms with Crippen molar-refractivity contribution in [2.75, 3.05) is 0 Å². The first kappa shape index (κ1) is 18.2. The minimum Gasteiger partial charge on any atom is -0.263 e. The zero-order valence-corrected chi connectivity index (χ0v) is 10.4. The smallest absolute Gasteiger partial charge is 0.263 e. The molecule has 1 rings (SSSR count). The van der Waals surface area contributed by atoms with E-state index in [1.54, 1.807) is 0 Å². The van der Waals surface area contributed by atoms with Crippen molar-refractivity contribution in [2.24, 2.45) is 7.05 Å². The lowest BCUT2D eigenvalue weighted by atomic mass is 10.6. The van der Waals surface area contributed by atoms with Crippen molar-refractivity contribution in [1.82, 2.24) is 9.71 Å². The Balaban J connectivity index is 0.000000493. The molecule has 1 aromatic rings. The van der Waals surface area contributed by atoms with E-state index in [-0.39, 0.29) is 4.72 Å². The van der Waals surface area contributed by atoms with Gasteiger partial charge in [0.2, 0.25) is 6.33 Å². The number of rotatable bonds is 1. The SMILES string of the molecule is C[n+]1cc[nH]c1.O=C(NS(=O)(=O)C(F)(F)F)C(F)(F)F. The normalized spacial score (nSPS) is 12.3. The van der Waals surface area contributed by atoms with Gasteiger partial charge >= 0.3 is 27.6 Å². The van der Waals surface area contributed by atoms with Gasteiger partial charge in [0.05, 0.1) is 7.05 Å². The summed E-state index contributed by atoms with van der Waals surface area (Å²) < 4.78 is 89.9. The van der Waals surface area contributed by atoms with Crippen LogP contribution in [0.15, 0.2) is 18.7 Å². The van der Waals surface area contributed by atoms with Crippen LogP contribution in [0.2, 0.25) is 0 Å². The van der Waals surface area contributed by atoms with Gasteiger partial charge in [-0.15, -0.1) is 0 Å². The second kappa shape index (κ2) is 6.11. The first-order valence-electron chi connectivity index (χ1n) is 4.45. The maximum atomic E-state index is 11.4. The fourth-order valence-electron chi connectivity index (χ4n) is 0.602. The van der Waals surface area contributed by atoms with Crippen molar-refractivity contribution in [2.45, 2.75) is 11.7 Å². The number of amides is 1. The molecule has 0 atom stereocenters. The summed E-state index contributed by atoms with van der Waals surface area (Å²) in [6, 6.07) is 0. The van der Waals surface area contributed by atoms with Crippen LogP contribution in [0.3, 0.4) is 0 Å². The predicted octanol–water partition coefficient (Wildman–Crippen LogP) is 0.354. The van der Waals surface area contributed by atoms with E-state index < -0.39 is 27.6 Å². The fraction of sp³-hybridized carbons (Fsp3) is 0.429. The molecule has 0 radical (unpaired) electrons. The van der Waals surface area contributed by atoms with Crippen LogP contribution in [0.5, 0.6) is 0 Å². The van der Waals surface area contributed by atoms with Gasteiger partial charge in [0.15, 0.2) is 0 Å². The highest BCUT2D eigenvalue weighted by Crippen LogP contribution is 2.23. The Morgan fingerprint density at radius 2 is 1.70 bits per heavy atom. The van der Waals surface area contributed by atoms with Crippen molar-refractivity contribution < 1.29 is 44.1 Å². The Bertz CT molecular complexity index is 533. The lowest BCUT2D eigenvalue weighted by Crippen LogP contribution is -2.46. The number of H-pyrrole nitrogens is 1. The van der Waals surface area contributed by atoms with Crippen molar-refractivity contribution >= 4 is 15.9 Å². The molecule has 0 bridgehead atoms. The van der Waals surface area contributed by atoms with Crippen LogP contribution >= 0.6 is 0 Å². The monoisotopic (exact) mass is 328 g/mol. The van der Waals surface area contributed by atoms with Crippen molar-refractivity contribution in [1.29, 1.82) is 0 Å². The van der Waals surface area contributed by atoms with E-state index in [1.807, 2.05) is 30.3 Å². The molecule has 0 fully saturated rings. The van der Waals surface area contributed by atoms with Crippen LogP contribution in [-0.4, -0.2) is 31.0 Å². The summed E-state index contributed by atoms with van der Waals surface area (Å²) in [5.74, 6) is -3.20. The number of alkyl halides is 6. The van der Waals surface area contributed by atoms with Crippen LogP contribution in [0.1, 0.15) is 0 Å². The first-order chi connectivity index (χ1) is 8.77. The molecular weight excluding hydrogens is 320 g/mol. The van der Waals surface area contributed by atoms with E-state index in [0.29, 0.717) is 0 Å². The minimum atomic E-state index is -6.30. The third-order valence-electron chi connectivity index (χ3n) is 1.47. The highest BCUT2D eigenvalue weighted by molar-refractivity contribution is 7.90. The highest BCUT2D eigenvalue weighted by atomic mass is 32.2. The number of aromatic nitrogens is 2. The standard InChI is InChI=1S/C4H6N2.C3HF6NO3S/c1-6-3-2-5-4-6;4-2(5,6)1(11)10-14(12,13)3(7,8)9/h2-4H,1H3;(H,10,11)/p+1. The Hall–Kier alpha value is -1.79. The summed E-state index contributed by atoms with van der Waals surface area (Å²) in [6.45, 7) is 0. The quantitative estimate of drug-likeness (QED) is 0.577. The lowest BCUT2D eigenvalue weighted by molar-refractivity contribution is -0.670. The Morgan fingerprint density at radius 3 is 1.90 bits per heavy atom. The molecule has 6 nitrogen and oxygen atoms in total. The molecular formula is C7H8F6N3O3S+. The lowest BCUT2D eigenvalue weighted by Gasteiger charge is -2.10. The number of hydrogen-bond acceptors (Lipinski definition) is 3. The predicted molar refractivity (Wildman–Crippen MR) is 51.1 cm³/mol. The van der Waals surface area contributed by atoms with Gasteiger partial charge in [-0.2, -0.15) is 34.8 Å². The molecule has 1 heterocycles. The van der Waals surface area contributed by atoms with Crippen LogP contribution in [0, 0.1) is 0 Å². The molecule has 0 aliphatic rings. The van der Waals surface area contributed by atoms with E-state index >= 15 is 0 Å². The number of sulfonamides is 1. The molecule has 13 heteroatoms. The van der Waals surface area contributed by atoms with Crippen LogP contribution in [0.25, 0.3) is 0 Å². The van der Waals surface area contributed by atoms with Gasteiger partial charge in [-0.25, -0.2) is 9.29 Å². The van der Waals surface area contributed by atoms with Crippen molar-refractivity contribution in [3.05, 3.63) is 18.7 Å². The van der Waals surface area contributed by atoms with E-state index in [2.05, 4.69) is 4.98 Å². The first-order valence-corrected chi connectivity index (χ1v) is 5.94. The van der Waals surface area contributed by atoms with Gasteiger partial charge in [0.1, 0.15) is 12.4 Å². The summed E-state index contributed by atoms with van der Waals surface area (Å²) in [6.07, 6.45) is -0.00167. The number of nitrogens with one attached hydrogen (secondary N) is 2. The maximum Gasteiger partial charge on any atom is 0.516 e. The van der Waals surface area contributed by atoms with Gasteiger partial charge in [-0.05, 0) is 0 Å². The second-order valence-corrected chi connectivity index (χ2v) is 4.83. The summed E-state index contributed by atoms with van der Waals surface area (Å²) >= 11 is 0. The Kier molecular flexibility index (Phi) is 5.56. The average molecular weight is 328 g/mol. The highest BCUT2D eigenvalue weighted by Gasteiger charge is 2.51. The Labute approximate surface area is 108 Å². The third-order valence-corrected chi connectivity index (χ3v) is 2.54. The second-order valence-electron chi connectivity index (χ2n) is 3.16. The number of hydrogen-bond donors (Lipinski definition) is 2. The van der Waals surface area contributed by atoms with Gasteiger partial charge in [0.25, 0.3) is 0 Å². The number of carbonyl (C=O) groups is 1. The van der Waals surface area contributed by atoms with Crippen LogP contribution < -0.4 is 9.29 Å². The van der Waals surface area contributed by atoms with E-state index in [1.165, 1.54) is 0 Å². The third kappa shape index (κ3) is 5.90. The summed E-state index contributed by atoms with van der Waals surface area (Å²) in [5, 5.41) is 0. The fourth-order valence-corrected chi connectivity index (χ4v) is 1.08. The molecule has 1 aromatic heterocycles. The molecule has 0 aromatic carbocycles. The molecule has 2 N–H and O–H groups in total. The number of imidazole rings is 1. The zero-order chi connectivity index (χ0) is 16.2.